The number of amides is 1. The summed E-state index contributed by atoms with van der Waals surface area (Å²) in [5.74, 6) is 0.697. The molecule has 2 fully saturated rings. The molecule has 3 aromatic heterocycles. The third-order valence-electron chi connectivity index (χ3n) is 7.95. The molecule has 3 N–H and O–H groups in total. The predicted molar refractivity (Wildman–Crippen MR) is 146 cm³/mol. The van der Waals surface area contributed by atoms with Crippen LogP contribution in [0.25, 0.3) is 22.3 Å². The number of H-pyrrole nitrogens is 1. The lowest BCUT2D eigenvalue weighted by Gasteiger charge is -2.31. The van der Waals surface area contributed by atoms with E-state index in [2.05, 4.69) is 30.2 Å². The van der Waals surface area contributed by atoms with Gasteiger partial charge in [-0.05, 0) is 50.3 Å². The van der Waals surface area contributed by atoms with Crippen LogP contribution in [0.3, 0.4) is 0 Å². The number of carboxylic acid groups (broad SMARTS) is 1. The van der Waals surface area contributed by atoms with E-state index in [4.69, 9.17) is 5.11 Å². The molecule has 0 aliphatic carbocycles. The molecular weight excluding hydrogens is 523 g/mol. The molecule has 0 saturated carbocycles. The molecule has 0 bridgehead atoms. The van der Waals surface area contributed by atoms with Gasteiger partial charge < -0.3 is 25.2 Å². The summed E-state index contributed by atoms with van der Waals surface area (Å²) in [5, 5.41) is 13.1. The maximum Gasteiger partial charge on any atom is 0.420 e. The molecule has 5 heterocycles. The molecule has 5 rings (SSSR count). The molecule has 1 atom stereocenters. The molecule has 2 aliphatic heterocycles. The number of anilines is 1. The maximum atomic E-state index is 14.6. The van der Waals surface area contributed by atoms with Crippen LogP contribution in [0.1, 0.15) is 57.7 Å². The van der Waals surface area contributed by atoms with Gasteiger partial charge in [0.15, 0.2) is 0 Å². The van der Waals surface area contributed by atoms with Crippen molar-refractivity contribution in [1.29, 1.82) is 0 Å². The maximum absolute atomic E-state index is 14.6. The largest absolute Gasteiger partial charge is 0.465 e. The van der Waals surface area contributed by atoms with Gasteiger partial charge in [0, 0.05) is 61.0 Å². The third kappa shape index (κ3) is 6.01. The van der Waals surface area contributed by atoms with Crippen LogP contribution in [0.15, 0.2) is 24.5 Å². The number of fused-ring (bicyclic) bond motifs is 1. The van der Waals surface area contributed by atoms with Crippen LogP contribution >= 0.6 is 0 Å². The lowest BCUT2D eigenvalue weighted by atomic mass is 9.86. The number of pyridine rings is 1. The predicted octanol–water partition coefficient (Wildman–Crippen LogP) is 5.60. The van der Waals surface area contributed by atoms with Crippen LogP contribution in [0, 0.1) is 5.92 Å². The van der Waals surface area contributed by atoms with Gasteiger partial charge in [-0.15, -0.1) is 0 Å². The minimum absolute atomic E-state index is 0.0101. The molecule has 0 spiro atoms. The van der Waals surface area contributed by atoms with Crippen molar-refractivity contribution in [2.75, 3.05) is 38.0 Å². The molecule has 40 heavy (non-hydrogen) atoms. The SMILES string of the molecule is CC(C)(C)c1nc(NC2CCN(CCC3CCN(C(=O)O)CC3)C2)nc(-c2c[nH]c3ncccc23)c1C(F)(F)F. The average Bonchev–Trinajstić information content (AvgIpc) is 3.53. The van der Waals surface area contributed by atoms with Crippen molar-refractivity contribution in [2.45, 2.75) is 64.1 Å². The zero-order chi connectivity index (χ0) is 28.7. The van der Waals surface area contributed by atoms with Gasteiger partial charge in [-0.3, -0.25) is 0 Å². The topological polar surface area (TPSA) is 110 Å². The van der Waals surface area contributed by atoms with Crippen LogP contribution in [0.4, 0.5) is 23.9 Å². The summed E-state index contributed by atoms with van der Waals surface area (Å²) in [7, 11) is 0. The van der Waals surface area contributed by atoms with E-state index in [1.54, 1.807) is 39.1 Å². The van der Waals surface area contributed by atoms with Crippen molar-refractivity contribution in [3.8, 4) is 11.3 Å². The molecule has 1 amide bonds. The first-order valence-corrected chi connectivity index (χ1v) is 13.8. The summed E-state index contributed by atoms with van der Waals surface area (Å²) in [6, 6.07) is 3.44. The number of halogens is 3. The minimum Gasteiger partial charge on any atom is -0.465 e. The van der Waals surface area contributed by atoms with E-state index in [1.165, 1.54) is 11.1 Å². The fourth-order valence-electron chi connectivity index (χ4n) is 5.80. The standard InChI is InChI=1S/C28H36F3N7O2/c1-27(2,3)23-21(28(29,30)31)22(20-15-33-24-19(20)5-4-10-32-24)35-25(36-23)34-18-9-12-37(16-18)11-6-17-7-13-38(14-8-17)26(39)40/h4-5,10,15,17-18H,6-9,11-14,16H2,1-3H3,(H,32,33)(H,39,40)(H,34,35,36). The Morgan fingerprint density at radius 1 is 1.15 bits per heavy atom. The Hall–Kier alpha value is -3.41. The summed E-state index contributed by atoms with van der Waals surface area (Å²) in [6.07, 6.45) is 1.22. The highest BCUT2D eigenvalue weighted by molar-refractivity contribution is 5.93. The number of piperidine rings is 1. The number of aromatic nitrogens is 4. The van der Waals surface area contributed by atoms with E-state index in [1.807, 2.05) is 0 Å². The first-order chi connectivity index (χ1) is 18.9. The highest BCUT2D eigenvalue weighted by atomic mass is 19.4. The van der Waals surface area contributed by atoms with Gasteiger partial charge in [0.05, 0.1) is 11.4 Å². The molecule has 2 saturated heterocycles. The van der Waals surface area contributed by atoms with E-state index in [0.717, 1.165) is 45.3 Å². The van der Waals surface area contributed by atoms with Crippen LogP contribution in [0.2, 0.25) is 0 Å². The van der Waals surface area contributed by atoms with Crippen molar-refractivity contribution >= 4 is 23.1 Å². The molecular formula is C28H36F3N7O2. The number of alkyl halides is 3. The van der Waals surface area contributed by atoms with E-state index < -0.39 is 23.2 Å². The normalized spacial score (nSPS) is 19.4. The summed E-state index contributed by atoms with van der Waals surface area (Å²) in [5.41, 5.74) is -1.06. The van der Waals surface area contributed by atoms with Crippen molar-refractivity contribution in [3.63, 3.8) is 0 Å². The van der Waals surface area contributed by atoms with Crippen molar-refractivity contribution in [3.05, 3.63) is 35.8 Å². The highest BCUT2D eigenvalue weighted by Crippen LogP contribution is 2.43. The van der Waals surface area contributed by atoms with Crippen molar-refractivity contribution in [2.24, 2.45) is 5.92 Å². The van der Waals surface area contributed by atoms with Crippen LogP contribution in [-0.4, -0.2) is 79.7 Å². The number of likely N-dealkylation sites (tertiary alicyclic amines) is 2. The monoisotopic (exact) mass is 559 g/mol. The zero-order valence-electron chi connectivity index (χ0n) is 23.1. The number of hydrogen-bond donors (Lipinski definition) is 3. The van der Waals surface area contributed by atoms with Gasteiger partial charge in [-0.25, -0.2) is 19.7 Å². The van der Waals surface area contributed by atoms with Gasteiger partial charge in [0.1, 0.15) is 11.2 Å². The number of nitrogens with one attached hydrogen (secondary N) is 2. The third-order valence-corrected chi connectivity index (χ3v) is 7.95. The van der Waals surface area contributed by atoms with Crippen molar-refractivity contribution in [1.82, 2.24) is 29.7 Å². The Bertz CT molecular complexity index is 1360. The summed E-state index contributed by atoms with van der Waals surface area (Å²) < 4.78 is 43.7. The number of nitrogens with zero attached hydrogens (tertiary/aromatic N) is 5. The van der Waals surface area contributed by atoms with E-state index >= 15 is 0 Å². The van der Waals surface area contributed by atoms with Gasteiger partial charge in [-0.1, -0.05) is 20.8 Å². The first-order valence-electron chi connectivity index (χ1n) is 13.8. The zero-order valence-corrected chi connectivity index (χ0v) is 23.1. The smallest absolute Gasteiger partial charge is 0.420 e. The quantitative estimate of drug-likeness (QED) is 0.361. The molecule has 0 aromatic carbocycles. The molecule has 9 nitrogen and oxygen atoms in total. The van der Waals surface area contributed by atoms with E-state index in [0.29, 0.717) is 35.6 Å². The first kappa shape index (κ1) is 28.1. The van der Waals surface area contributed by atoms with Gasteiger partial charge >= 0.3 is 12.3 Å². The van der Waals surface area contributed by atoms with Gasteiger partial charge in [0.25, 0.3) is 0 Å². The molecule has 2 aliphatic rings. The molecule has 0 radical (unpaired) electrons. The Labute approximate surface area is 231 Å². The number of carbonyl (C=O) groups is 1. The number of rotatable bonds is 6. The van der Waals surface area contributed by atoms with Crippen LogP contribution < -0.4 is 5.32 Å². The summed E-state index contributed by atoms with van der Waals surface area (Å²) in [6.45, 7) is 8.88. The highest BCUT2D eigenvalue weighted by Gasteiger charge is 2.42. The van der Waals surface area contributed by atoms with Gasteiger partial charge in [-0.2, -0.15) is 13.2 Å². The summed E-state index contributed by atoms with van der Waals surface area (Å²) >= 11 is 0. The molecule has 3 aromatic rings. The molecule has 1 unspecified atom stereocenters. The second kappa shape index (κ2) is 10.9. The van der Waals surface area contributed by atoms with Crippen LogP contribution in [-0.2, 0) is 11.6 Å². The van der Waals surface area contributed by atoms with Crippen molar-refractivity contribution < 1.29 is 23.1 Å². The number of hydrogen-bond acceptors (Lipinski definition) is 6. The van der Waals surface area contributed by atoms with E-state index in [-0.39, 0.29) is 23.4 Å². The Balaban J connectivity index is 1.35. The Morgan fingerprint density at radius 2 is 1.90 bits per heavy atom. The average molecular weight is 560 g/mol. The van der Waals surface area contributed by atoms with Gasteiger partial charge in [0.2, 0.25) is 5.95 Å². The fraction of sp³-hybridized carbons (Fsp3) is 0.571. The summed E-state index contributed by atoms with van der Waals surface area (Å²) in [4.78, 5) is 31.1. The second-order valence-corrected chi connectivity index (χ2v) is 11.9. The molecule has 12 heteroatoms. The lowest BCUT2D eigenvalue weighted by Crippen LogP contribution is -2.38. The molecule has 216 valence electrons. The van der Waals surface area contributed by atoms with Crippen LogP contribution in [0.5, 0.6) is 0 Å². The number of aromatic amines is 1. The fourth-order valence-corrected chi connectivity index (χ4v) is 5.80. The van der Waals surface area contributed by atoms with E-state index in [9.17, 15) is 18.0 Å². The Morgan fingerprint density at radius 3 is 2.58 bits per heavy atom. The minimum atomic E-state index is -4.65. The Kier molecular flexibility index (Phi) is 7.64. The lowest BCUT2D eigenvalue weighted by molar-refractivity contribution is -0.138. The second-order valence-electron chi connectivity index (χ2n) is 11.9.